The summed E-state index contributed by atoms with van der Waals surface area (Å²) in [5.74, 6) is 1.31. The Labute approximate surface area is 183 Å². The fraction of sp³-hybridized carbons (Fsp3) is 0.318. The highest BCUT2D eigenvalue weighted by Gasteiger charge is 2.21. The van der Waals surface area contributed by atoms with E-state index >= 15 is 0 Å². The van der Waals surface area contributed by atoms with Crippen molar-refractivity contribution in [3.8, 4) is 17.5 Å². The number of anilines is 1. The number of ether oxygens (including phenoxy) is 1. The summed E-state index contributed by atoms with van der Waals surface area (Å²) in [5.41, 5.74) is 2.75. The highest BCUT2D eigenvalue weighted by molar-refractivity contribution is 7.99. The molecule has 8 heteroatoms. The predicted molar refractivity (Wildman–Crippen MR) is 120 cm³/mol. The number of benzene rings is 1. The number of nitriles is 1. The molecule has 0 unspecified atom stereocenters. The van der Waals surface area contributed by atoms with Crippen LogP contribution >= 0.6 is 23.1 Å². The quantitative estimate of drug-likeness (QED) is 0.535. The van der Waals surface area contributed by atoms with Gasteiger partial charge in [-0.1, -0.05) is 17.8 Å². The van der Waals surface area contributed by atoms with Gasteiger partial charge in [0.25, 0.3) is 0 Å². The van der Waals surface area contributed by atoms with E-state index in [1.165, 1.54) is 16.6 Å². The summed E-state index contributed by atoms with van der Waals surface area (Å²) < 4.78 is 7.27. The van der Waals surface area contributed by atoms with Crippen molar-refractivity contribution in [2.75, 3.05) is 18.2 Å². The molecule has 0 aliphatic heterocycles. The number of hydrogen-bond donors (Lipinski definition) is 1. The number of nitrogens with one attached hydrogen (secondary N) is 1. The fourth-order valence-electron chi connectivity index (χ4n) is 3.55. The smallest absolute Gasteiger partial charge is 0.225 e. The molecule has 30 heavy (non-hydrogen) atoms. The maximum absolute atomic E-state index is 12.5. The highest BCUT2D eigenvalue weighted by atomic mass is 32.2. The average molecular weight is 439 g/mol. The van der Waals surface area contributed by atoms with Crippen molar-refractivity contribution in [3.63, 3.8) is 0 Å². The zero-order valence-electron chi connectivity index (χ0n) is 16.7. The van der Waals surface area contributed by atoms with Crippen molar-refractivity contribution in [1.82, 2.24) is 9.55 Å². The number of carbonyl (C=O) groups excluding carboxylic acids is 1. The first kappa shape index (κ1) is 20.5. The molecule has 1 aliphatic rings. The van der Waals surface area contributed by atoms with Crippen LogP contribution in [0.25, 0.3) is 5.69 Å². The Morgan fingerprint density at radius 2 is 2.27 bits per heavy atom. The first-order chi connectivity index (χ1) is 14.7. The molecule has 2 heterocycles. The number of imidazole rings is 1. The Morgan fingerprint density at radius 1 is 1.40 bits per heavy atom. The lowest BCUT2D eigenvalue weighted by molar-refractivity contribution is -0.115. The molecule has 0 spiro atoms. The first-order valence-corrected chi connectivity index (χ1v) is 11.6. The van der Waals surface area contributed by atoms with Crippen LogP contribution in [0.15, 0.2) is 41.8 Å². The zero-order chi connectivity index (χ0) is 20.9. The molecule has 2 aromatic heterocycles. The second-order valence-electron chi connectivity index (χ2n) is 6.95. The number of thiophene rings is 1. The Bertz CT molecular complexity index is 1100. The van der Waals surface area contributed by atoms with Crippen LogP contribution in [0.3, 0.4) is 0 Å². The van der Waals surface area contributed by atoms with Gasteiger partial charge in [-0.05, 0) is 43.4 Å². The number of carbonyl (C=O) groups is 1. The van der Waals surface area contributed by atoms with E-state index in [4.69, 9.17) is 4.74 Å². The SMILES string of the molecule is COc1cccc(-n2ccnc2SCCC(=O)Nc2sc3c(c2C#N)CCCC3)c1. The zero-order valence-corrected chi connectivity index (χ0v) is 18.3. The molecule has 0 bridgehead atoms. The number of methoxy groups -OCH3 is 1. The van der Waals surface area contributed by atoms with Crippen molar-refractivity contribution in [1.29, 1.82) is 5.26 Å². The van der Waals surface area contributed by atoms with Crippen LogP contribution in [0, 0.1) is 11.3 Å². The van der Waals surface area contributed by atoms with Crippen LogP contribution in [-0.2, 0) is 17.6 Å². The van der Waals surface area contributed by atoms with Crippen molar-refractivity contribution in [2.45, 2.75) is 37.3 Å². The van der Waals surface area contributed by atoms with E-state index < -0.39 is 0 Å². The number of amides is 1. The van der Waals surface area contributed by atoms with Gasteiger partial charge in [-0.25, -0.2) is 4.98 Å². The molecule has 1 amide bonds. The minimum atomic E-state index is -0.0721. The highest BCUT2D eigenvalue weighted by Crippen LogP contribution is 2.37. The number of aryl methyl sites for hydroxylation is 1. The van der Waals surface area contributed by atoms with Gasteiger partial charge >= 0.3 is 0 Å². The summed E-state index contributed by atoms with van der Waals surface area (Å²) in [6.45, 7) is 0. The molecule has 0 atom stereocenters. The lowest BCUT2D eigenvalue weighted by atomic mass is 9.96. The van der Waals surface area contributed by atoms with Crippen molar-refractivity contribution in [2.24, 2.45) is 0 Å². The van der Waals surface area contributed by atoms with Gasteiger partial charge in [-0.3, -0.25) is 9.36 Å². The van der Waals surface area contributed by atoms with E-state index in [9.17, 15) is 10.1 Å². The van der Waals surface area contributed by atoms with Gasteiger partial charge in [0.2, 0.25) is 5.91 Å². The lowest BCUT2D eigenvalue weighted by Crippen LogP contribution is -2.12. The second-order valence-corrected chi connectivity index (χ2v) is 9.12. The number of fused-ring (bicyclic) bond motifs is 1. The molecule has 0 fully saturated rings. The largest absolute Gasteiger partial charge is 0.497 e. The Balaban J connectivity index is 1.37. The number of thioether (sulfide) groups is 1. The normalized spacial score (nSPS) is 12.8. The summed E-state index contributed by atoms with van der Waals surface area (Å²) >= 11 is 3.09. The van der Waals surface area contributed by atoms with E-state index in [0.29, 0.717) is 22.7 Å². The lowest BCUT2D eigenvalue weighted by Gasteiger charge is -2.09. The monoisotopic (exact) mass is 438 g/mol. The molecule has 0 radical (unpaired) electrons. The van der Waals surface area contributed by atoms with Gasteiger partial charge in [-0.2, -0.15) is 5.26 Å². The van der Waals surface area contributed by atoms with Gasteiger partial charge < -0.3 is 10.1 Å². The first-order valence-electron chi connectivity index (χ1n) is 9.84. The van der Waals surface area contributed by atoms with Crippen LogP contribution in [-0.4, -0.2) is 28.3 Å². The maximum Gasteiger partial charge on any atom is 0.225 e. The minimum absolute atomic E-state index is 0.0721. The Hall–Kier alpha value is -2.76. The van der Waals surface area contributed by atoms with E-state index in [1.807, 2.05) is 35.0 Å². The van der Waals surface area contributed by atoms with Crippen LogP contribution < -0.4 is 10.1 Å². The number of aromatic nitrogens is 2. The van der Waals surface area contributed by atoms with E-state index in [1.54, 1.807) is 24.6 Å². The van der Waals surface area contributed by atoms with Gasteiger partial charge in [0, 0.05) is 35.5 Å². The third-order valence-corrected chi connectivity index (χ3v) is 7.21. The molecular weight excluding hydrogens is 416 g/mol. The molecule has 154 valence electrons. The van der Waals surface area contributed by atoms with Gasteiger partial charge in [0.15, 0.2) is 5.16 Å². The van der Waals surface area contributed by atoms with Gasteiger partial charge in [-0.15, -0.1) is 11.3 Å². The number of rotatable bonds is 7. The minimum Gasteiger partial charge on any atom is -0.497 e. The van der Waals surface area contributed by atoms with Gasteiger partial charge in [0.05, 0.1) is 18.4 Å². The van der Waals surface area contributed by atoms with E-state index in [-0.39, 0.29) is 5.91 Å². The molecule has 0 saturated carbocycles. The van der Waals surface area contributed by atoms with Crippen LogP contribution in [0.5, 0.6) is 5.75 Å². The molecule has 6 nitrogen and oxygen atoms in total. The molecular formula is C22H22N4O2S2. The molecule has 0 saturated heterocycles. The summed E-state index contributed by atoms with van der Waals surface area (Å²) in [4.78, 5) is 18.2. The van der Waals surface area contributed by atoms with Crippen molar-refractivity contribution < 1.29 is 9.53 Å². The molecule has 1 aromatic carbocycles. The maximum atomic E-state index is 12.5. The number of hydrogen-bond acceptors (Lipinski definition) is 6. The Kier molecular flexibility index (Phi) is 6.41. The second kappa shape index (κ2) is 9.37. The van der Waals surface area contributed by atoms with Crippen LogP contribution in [0.1, 0.15) is 35.3 Å². The molecule has 1 aliphatic carbocycles. The third kappa shape index (κ3) is 4.37. The molecule has 3 aromatic rings. The average Bonchev–Trinajstić information content (AvgIpc) is 3.37. The summed E-state index contributed by atoms with van der Waals surface area (Å²) in [6.07, 6.45) is 8.21. The summed E-state index contributed by atoms with van der Waals surface area (Å²) in [6, 6.07) is 10.1. The predicted octanol–water partition coefficient (Wildman–Crippen LogP) is 4.81. The fourth-order valence-corrected chi connectivity index (χ4v) is 5.72. The standard InChI is InChI=1S/C22H22N4O2S2/c1-28-16-6-4-5-15(13-16)26-11-10-24-22(26)29-12-9-20(27)25-21-18(14-23)17-7-2-3-8-19(17)30-21/h4-6,10-11,13H,2-3,7-9,12H2,1H3,(H,25,27). The third-order valence-electron chi connectivity index (χ3n) is 5.03. The van der Waals surface area contributed by atoms with Crippen LogP contribution in [0.2, 0.25) is 0 Å². The molecule has 1 N–H and O–H groups in total. The topological polar surface area (TPSA) is 79.9 Å². The van der Waals surface area contributed by atoms with Crippen molar-refractivity contribution in [3.05, 3.63) is 52.7 Å². The van der Waals surface area contributed by atoms with Crippen LogP contribution in [0.4, 0.5) is 5.00 Å². The van der Waals surface area contributed by atoms with Crippen molar-refractivity contribution >= 4 is 34.0 Å². The number of nitrogens with zero attached hydrogens (tertiary/aromatic N) is 3. The van der Waals surface area contributed by atoms with E-state index in [0.717, 1.165) is 47.8 Å². The Morgan fingerprint density at radius 3 is 3.10 bits per heavy atom. The molecule has 4 rings (SSSR count). The summed E-state index contributed by atoms with van der Waals surface area (Å²) in [7, 11) is 1.64. The van der Waals surface area contributed by atoms with E-state index in [2.05, 4.69) is 16.4 Å². The summed E-state index contributed by atoms with van der Waals surface area (Å²) in [5, 5.41) is 14.0. The van der Waals surface area contributed by atoms with Gasteiger partial charge in [0.1, 0.15) is 16.8 Å².